The molecule has 0 amide bonds. The summed E-state index contributed by atoms with van der Waals surface area (Å²) in [5.41, 5.74) is 2.51. The number of hydrogen-bond acceptors (Lipinski definition) is 4. The van der Waals surface area contributed by atoms with Crippen molar-refractivity contribution in [1.82, 2.24) is 14.7 Å². The zero-order valence-electron chi connectivity index (χ0n) is 12.7. The average molecular weight is 297 g/mol. The van der Waals surface area contributed by atoms with Crippen molar-refractivity contribution in [1.29, 1.82) is 0 Å². The molecule has 2 aromatic heterocycles. The van der Waals surface area contributed by atoms with Crippen LogP contribution < -0.4 is 0 Å². The van der Waals surface area contributed by atoms with Crippen LogP contribution in [0.15, 0.2) is 34.9 Å². The highest BCUT2D eigenvalue weighted by atomic mass is 16.5. The van der Waals surface area contributed by atoms with E-state index in [9.17, 15) is 0 Å². The number of ether oxygens (including phenoxy) is 1. The van der Waals surface area contributed by atoms with Crippen molar-refractivity contribution in [2.75, 3.05) is 13.2 Å². The van der Waals surface area contributed by atoms with Crippen molar-refractivity contribution >= 4 is 10.9 Å². The summed E-state index contributed by atoms with van der Waals surface area (Å²) in [6, 6.07) is 10.6. The molecule has 1 aliphatic heterocycles. The van der Waals surface area contributed by atoms with Gasteiger partial charge < -0.3 is 13.8 Å². The van der Waals surface area contributed by atoms with E-state index in [4.69, 9.17) is 9.26 Å². The first kappa shape index (κ1) is 13.5. The number of rotatable bonds is 4. The average Bonchev–Trinajstić information content (AvgIpc) is 3.24. The summed E-state index contributed by atoms with van der Waals surface area (Å²) in [6.07, 6.45) is 1.74. The fourth-order valence-electron chi connectivity index (χ4n) is 3.13. The van der Waals surface area contributed by atoms with Gasteiger partial charge in [0.25, 0.3) is 0 Å². The molecular weight excluding hydrogens is 278 g/mol. The van der Waals surface area contributed by atoms with Gasteiger partial charge in [0, 0.05) is 36.7 Å². The summed E-state index contributed by atoms with van der Waals surface area (Å²) in [5.74, 6) is 1.80. The highest BCUT2D eigenvalue weighted by Crippen LogP contribution is 2.23. The first-order valence-corrected chi connectivity index (χ1v) is 7.76. The normalized spacial score (nSPS) is 18.3. The van der Waals surface area contributed by atoms with E-state index in [-0.39, 0.29) is 0 Å². The first-order valence-electron chi connectivity index (χ1n) is 7.76. The van der Waals surface area contributed by atoms with E-state index in [1.165, 1.54) is 16.6 Å². The summed E-state index contributed by atoms with van der Waals surface area (Å²) >= 11 is 0. The maximum atomic E-state index is 5.40. The molecule has 0 radical (unpaired) electrons. The maximum Gasteiger partial charge on any atom is 0.228 e. The fourth-order valence-corrected chi connectivity index (χ4v) is 3.13. The van der Waals surface area contributed by atoms with Gasteiger partial charge in [-0.1, -0.05) is 23.4 Å². The number of para-hydroxylation sites is 1. The SMILES string of the molecule is Cc1cc2ccccc2n1CCc1nc([C@@H]2CCOC2)no1. The van der Waals surface area contributed by atoms with Gasteiger partial charge in [0.15, 0.2) is 5.82 Å². The summed E-state index contributed by atoms with van der Waals surface area (Å²) in [6.45, 7) is 4.49. The van der Waals surface area contributed by atoms with Crippen LogP contribution in [0.5, 0.6) is 0 Å². The molecule has 0 spiro atoms. The van der Waals surface area contributed by atoms with E-state index in [0.717, 1.165) is 31.8 Å². The molecule has 22 heavy (non-hydrogen) atoms. The molecule has 0 aliphatic carbocycles. The van der Waals surface area contributed by atoms with Crippen molar-refractivity contribution in [3.63, 3.8) is 0 Å². The lowest BCUT2D eigenvalue weighted by Gasteiger charge is -2.06. The molecule has 3 aromatic rings. The van der Waals surface area contributed by atoms with Crippen LogP contribution in [0.4, 0.5) is 0 Å². The number of aromatic nitrogens is 3. The van der Waals surface area contributed by atoms with Gasteiger partial charge in [-0.3, -0.25) is 0 Å². The molecule has 4 rings (SSSR count). The topological polar surface area (TPSA) is 53.1 Å². The molecule has 1 atom stereocenters. The molecule has 1 aromatic carbocycles. The highest BCUT2D eigenvalue weighted by molar-refractivity contribution is 5.81. The van der Waals surface area contributed by atoms with Gasteiger partial charge >= 0.3 is 0 Å². The number of aryl methyl sites for hydroxylation is 3. The Bertz CT molecular complexity index is 784. The second kappa shape index (κ2) is 5.57. The van der Waals surface area contributed by atoms with Gasteiger partial charge in [-0.15, -0.1) is 0 Å². The molecule has 0 bridgehead atoms. The number of benzene rings is 1. The van der Waals surface area contributed by atoms with E-state index in [1.54, 1.807) is 0 Å². The molecule has 0 saturated carbocycles. The largest absolute Gasteiger partial charge is 0.381 e. The van der Waals surface area contributed by atoms with Gasteiger partial charge in [-0.05, 0) is 30.9 Å². The molecule has 5 heteroatoms. The molecule has 114 valence electrons. The molecule has 1 aliphatic rings. The molecule has 0 N–H and O–H groups in total. The Morgan fingerprint density at radius 2 is 2.23 bits per heavy atom. The van der Waals surface area contributed by atoms with E-state index in [1.807, 2.05) is 0 Å². The van der Waals surface area contributed by atoms with E-state index in [2.05, 4.69) is 52.0 Å². The lowest BCUT2D eigenvalue weighted by atomic mass is 10.1. The van der Waals surface area contributed by atoms with Gasteiger partial charge in [-0.25, -0.2) is 0 Å². The quantitative estimate of drug-likeness (QED) is 0.742. The van der Waals surface area contributed by atoms with Crippen LogP contribution in [-0.2, 0) is 17.7 Å². The Hall–Kier alpha value is -2.14. The summed E-state index contributed by atoms with van der Waals surface area (Å²) in [7, 11) is 0. The summed E-state index contributed by atoms with van der Waals surface area (Å²) in [4.78, 5) is 4.53. The molecule has 1 fully saturated rings. The Morgan fingerprint density at radius 1 is 1.32 bits per heavy atom. The van der Waals surface area contributed by atoms with Gasteiger partial charge in [0.2, 0.25) is 5.89 Å². The van der Waals surface area contributed by atoms with Crippen LogP contribution in [0.2, 0.25) is 0 Å². The molecule has 3 heterocycles. The summed E-state index contributed by atoms with van der Waals surface area (Å²) in [5, 5.41) is 5.38. The van der Waals surface area contributed by atoms with Crippen molar-refractivity contribution < 1.29 is 9.26 Å². The zero-order valence-corrected chi connectivity index (χ0v) is 12.7. The van der Waals surface area contributed by atoms with Crippen LogP contribution in [0.3, 0.4) is 0 Å². The third-order valence-corrected chi connectivity index (χ3v) is 4.35. The second-order valence-corrected chi connectivity index (χ2v) is 5.85. The zero-order chi connectivity index (χ0) is 14.9. The van der Waals surface area contributed by atoms with Gasteiger partial charge in [0.1, 0.15) is 0 Å². The third kappa shape index (κ3) is 2.41. The van der Waals surface area contributed by atoms with Gasteiger partial charge in [-0.2, -0.15) is 4.98 Å². The Balaban J connectivity index is 1.51. The predicted molar refractivity (Wildman–Crippen MR) is 82.9 cm³/mol. The van der Waals surface area contributed by atoms with Crippen LogP contribution >= 0.6 is 0 Å². The molecule has 1 saturated heterocycles. The van der Waals surface area contributed by atoms with Crippen LogP contribution in [0.25, 0.3) is 10.9 Å². The van der Waals surface area contributed by atoms with Gasteiger partial charge in [0.05, 0.1) is 6.61 Å². The van der Waals surface area contributed by atoms with Crippen molar-refractivity contribution in [3.05, 3.63) is 47.7 Å². The van der Waals surface area contributed by atoms with Crippen LogP contribution in [-0.4, -0.2) is 27.9 Å². The number of nitrogens with zero attached hydrogens (tertiary/aromatic N) is 3. The highest BCUT2D eigenvalue weighted by Gasteiger charge is 2.23. The van der Waals surface area contributed by atoms with Crippen molar-refractivity contribution in [3.8, 4) is 0 Å². The lowest BCUT2D eigenvalue weighted by Crippen LogP contribution is -2.04. The third-order valence-electron chi connectivity index (χ3n) is 4.35. The minimum absolute atomic E-state index is 0.298. The second-order valence-electron chi connectivity index (χ2n) is 5.85. The summed E-state index contributed by atoms with van der Waals surface area (Å²) < 4.78 is 13.1. The van der Waals surface area contributed by atoms with Crippen LogP contribution in [0, 0.1) is 6.92 Å². The molecule has 5 nitrogen and oxygen atoms in total. The first-order chi connectivity index (χ1) is 10.8. The Labute approximate surface area is 128 Å². The molecule has 0 unspecified atom stereocenters. The minimum Gasteiger partial charge on any atom is -0.381 e. The van der Waals surface area contributed by atoms with E-state index >= 15 is 0 Å². The predicted octanol–water partition coefficient (Wildman–Crippen LogP) is 3.08. The standard InChI is InChI=1S/C17H19N3O2/c1-12-10-13-4-2-3-5-15(13)20(12)8-6-16-18-17(19-22-16)14-7-9-21-11-14/h2-5,10,14H,6-9,11H2,1H3/t14-/m1/s1. The Morgan fingerprint density at radius 3 is 3.09 bits per heavy atom. The number of hydrogen-bond donors (Lipinski definition) is 0. The smallest absolute Gasteiger partial charge is 0.228 e. The minimum atomic E-state index is 0.298. The monoisotopic (exact) mass is 297 g/mol. The number of fused-ring (bicyclic) bond motifs is 1. The van der Waals surface area contributed by atoms with E-state index < -0.39 is 0 Å². The maximum absolute atomic E-state index is 5.40. The molecular formula is C17H19N3O2. The lowest BCUT2D eigenvalue weighted by molar-refractivity contribution is 0.192. The van der Waals surface area contributed by atoms with Crippen molar-refractivity contribution in [2.45, 2.75) is 32.2 Å². The fraction of sp³-hybridized carbons (Fsp3) is 0.412. The van der Waals surface area contributed by atoms with E-state index in [0.29, 0.717) is 18.4 Å². The Kier molecular flexibility index (Phi) is 3.42. The van der Waals surface area contributed by atoms with Crippen molar-refractivity contribution in [2.24, 2.45) is 0 Å². The van der Waals surface area contributed by atoms with Crippen LogP contribution in [0.1, 0.15) is 29.7 Å².